The average Bonchev–Trinajstić information content (AvgIpc) is 2.90. The van der Waals surface area contributed by atoms with Gasteiger partial charge in [0.2, 0.25) is 5.96 Å². The summed E-state index contributed by atoms with van der Waals surface area (Å²) >= 11 is 0. The van der Waals surface area contributed by atoms with Crippen molar-refractivity contribution >= 4 is 11.7 Å². The highest BCUT2D eigenvalue weighted by Crippen LogP contribution is 2.22. The van der Waals surface area contributed by atoms with Crippen molar-refractivity contribution < 1.29 is 0 Å². The molecule has 0 spiro atoms. The van der Waals surface area contributed by atoms with Crippen LogP contribution in [0.15, 0.2) is 83.0 Å². The standard InChI is InChI=1S/C18H24N4.C4H8/c1-3-12-20-18-21-13-16(10-11-17(22-18)14(2)19)15-8-6-4-5-7-9-15;1-3-4-2/h3-5,8,10H,1-2,6-7,9,11-13,19H2,(H,20,21);3H,1,4H2,2H3/b16-10+,22-17+;. The predicted molar refractivity (Wildman–Crippen MR) is 116 cm³/mol. The van der Waals surface area contributed by atoms with Crippen molar-refractivity contribution in [3.63, 3.8) is 0 Å². The molecule has 0 fully saturated rings. The zero-order valence-electron chi connectivity index (χ0n) is 16.0. The van der Waals surface area contributed by atoms with Crippen LogP contribution in [0.5, 0.6) is 0 Å². The minimum absolute atomic E-state index is 0.488. The van der Waals surface area contributed by atoms with Crippen LogP contribution in [-0.2, 0) is 0 Å². The molecule has 1 aliphatic heterocycles. The minimum atomic E-state index is 0.488. The molecule has 0 unspecified atom stereocenters. The number of nitrogens with one attached hydrogen (secondary N) is 1. The Kier molecular flexibility index (Phi) is 10.5. The summed E-state index contributed by atoms with van der Waals surface area (Å²) in [5, 5.41) is 3.15. The van der Waals surface area contributed by atoms with E-state index in [2.05, 4.69) is 66.3 Å². The molecule has 2 rings (SSSR count). The van der Waals surface area contributed by atoms with E-state index in [1.54, 1.807) is 6.08 Å². The van der Waals surface area contributed by atoms with Crippen molar-refractivity contribution in [1.82, 2.24) is 5.32 Å². The van der Waals surface area contributed by atoms with Gasteiger partial charge in [0.15, 0.2) is 0 Å². The van der Waals surface area contributed by atoms with E-state index in [1.165, 1.54) is 11.1 Å². The van der Waals surface area contributed by atoms with Crippen molar-refractivity contribution in [1.29, 1.82) is 0 Å². The summed E-state index contributed by atoms with van der Waals surface area (Å²) in [6.45, 7) is 14.3. The quantitative estimate of drug-likeness (QED) is 0.710. The monoisotopic (exact) mass is 352 g/mol. The first kappa shape index (κ1) is 21.4. The second kappa shape index (κ2) is 12.7. The van der Waals surface area contributed by atoms with Gasteiger partial charge in [0, 0.05) is 18.7 Å². The molecule has 26 heavy (non-hydrogen) atoms. The highest BCUT2D eigenvalue weighted by atomic mass is 15.1. The van der Waals surface area contributed by atoms with Gasteiger partial charge >= 0.3 is 0 Å². The first-order valence-electron chi connectivity index (χ1n) is 9.18. The summed E-state index contributed by atoms with van der Waals surface area (Å²) < 4.78 is 0. The molecule has 1 aliphatic carbocycles. The van der Waals surface area contributed by atoms with Crippen molar-refractivity contribution in [3.8, 4) is 0 Å². The molecule has 0 aromatic rings. The molecule has 0 bridgehead atoms. The summed E-state index contributed by atoms with van der Waals surface area (Å²) in [7, 11) is 0. The van der Waals surface area contributed by atoms with E-state index in [1.807, 2.05) is 6.08 Å². The third-order valence-corrected chi connectivity index (χ3v) is 3.91. The van der Waals surface area contributed by atoms with Crippen LogP contribution in [0.3, 0.4) is 0 Å². The first-order chi connectivity index (χ1) is 12.6. The Labute approximate surface area is 158 Å². The van der Waals surface area contributed by atoms with E-state index >= 15 is 0 Å². The fraction of sp³-hybridized carbons (Fsp3) is 0.364. The van der Waals surface area contributed by atoms with E-state index < -0.39 is 0 Å². The Balaban J connectivity index is 0.000000765. The SMILES string of the molecule is C=CCC.C=CCNC1=NC/C(C2=CCC=CCC2)=C\C/C(C(=C)N)=N\1. The maximum absolute atomic E-state index is 5.85. The van der Waals surface area contributed by atoms with Crippen LogP contribution >= 0.6 is 0 Å². The number of rotatable bonds is 5. The number of hydrogen-bond acceptors (Lipinski definition) is 4. The van der Waals surface area contributed by atoms with Gasteiger partial charge in [-0.1, -0.05) is 50.0 Å². The largest absolute Gasteiger partial charge is 0.398 e. The zero-order chi connectivity index (χ0) is 19.2. The number of allylic oxidation sites excluding steroid dienone is 6. The van der Waals surface area contributed by atoms with Crippen LogP contribution in [0.25, 0.3) is 0 Å². The molecule has 0 amide bonds. The zero-order valence-corrected chi connectivity index (χ0v) is 16.0. The second-order valence-electron chi connectivity index (χ2n) is 6.00. The lowest BCUT2D eigenvalue weighted by Gasteiger charge is -2.14. The molecule has 4 nitrogen and oxygen atoms in total. The topological polar surface area (TPSA) is 62.8 Å². The Bertz CT molecular complexity index is 645. The Morgan fingerprint density at radius 1 is 1.23 bits per heavy atom. The lowest BCUT2D eigenvalue weighted by atomic mass is 9.99. The molecule has 1 heterocycles. The van der Waals surface area contributed by atoms with Gasteiger partial charge in [-0.15, -0.1) is 13.2 Å². The molecule has 3 N–H and O–H groups in total. The number of nitrogens with zero attached hydrogens (tertiary/aromatic N) is 2. The maximum Gasteiger partial charge on any atom is 0.218 e. The first-order valence-corrected chi connectivity index (χ1v) is 9.18. The molecule has 0 atom stereocenters. The normalized spacial score (nSPS) is 20.8. The van der Waals surface area contributed by atoms with Crippen molar-refractivity contribution in [3.05, 3.63) is 73.0 Å². The molecule has 0 aromatic heterocycles. The van der Waals surface area contributed by atoms with Gasteiger partial charge in [0.25, 0.3) is 0 Å². The maximum atomic E-state index is 5.85. The fourth-order valence-electron chi connectivity index (χ4n) is 2.40. The molecule has 2 aliphatic rings. The summed E-state index contributed by atoms with van der Waals surface area (Å²) in [6.07, 6.45) is 17.5. The lowest BCUT2D eigenvalue weighted by molar-refractivity contribution is 0.944. The number of nitrogens with two attached hydrogens (primary N) is 1. The Morgan fingerprint density at radius 2 is 2.00 bits per heavy atom. The summed E-state index contributed by atoms with van der Waals surface area (Å²) in [4.78, 5) is 9.06. The molecule has 0 radical (unpaired) electrons. The van der Waals surface area contributed by atoms with Crippen LogP contribution in [0.4, 0.5) is 0 Å². The number of guanidine groups is 1. The van der Waals surface area contributed by atoms with Crippen LogP contribution in [-0.4, -0.2) is 24.8 Å². The highest BCUT2D eigenvalue weighted by molar-refractivity contribution is 6.06. The van der Waals surface area contributed by atoms with Gasteiger partial charge in [-0.2, -0.15) is 0 Å². The molecule has 0 saturated carbocycles. The van der Waals surface area contributed by atoms with Gasteiger partial charge in [-0.3, -0.25) is 0 Å². The van der Waals surface area contributed by atoms with Crippen LogP contribution < -0.4 is 11.1 Å². The summed E-state index contributed by atoms with van der Waals surface area (Å²) in [5.41, 5.74) is 9.73. The summed E-state index contributed by atoms with van der Waals surface area (Å²) in [6, 6.07) is 0. The third kappa shape index (κ3) is 7.97. The smallest absolute Gasteiger partial charge is 0.218 e. The molecule has 4 heteroatoms. The van der Waals surface area contributed by atoms with E-state index in [0.29, 0.717) is 31.2 Å². The van der Waals surface area contributed by atoms with E-state index in [9.17, 15) is 0 Å². The van der Waals surface area contributed by atoms with Crippen LogP contribution in [0.1, 0.15) is 39.0 Å². The third-order valence-electron chi connectivity index (χ3n) is 3.91. The van der Waals surface area contributed by atoms with Crippen LogP contribution in [0, 0.1) is 0 Å². The van der Waals surface area contributed by atoms with E-state index in [-0.39, 0.29) is 0 Å². The average molecular weight is 353 g/mol. The second-order valence-corrected chi connectivity index (χ2v) is 6.00. The van der Waals surface area contributed by atoms with E-state index in [0.717, 1.165) is 31.4 Å². The van der Waals surface area contributed by atoms with Gasteiger partial charge in [-0.25, -0.2) is 9.98 Å². The molecule has 0 saturated heterocycles. The van der Waals surface area contributed by atoms with Gasteiger partial charge < -0.3 is 11.1 Å². The lowest BCUT2D eigenvalue weighted by Crippen LogP contribution is -2.25. The molecular weight excluding hydrogens is 320 g/mol. The summed E-state index contributed by atoms with van der Waals surface area (Å²) in [5.74, 6) is 0.597. The number of aliphatic imine (C=N–C) groups is 2. The van der Waals surface area contributed by atoms with Crippen molar-refractivity contribution in [2.24, 2.45) is 15.7 Å². The Morgan fingerprint density at radius 3 is 2.65 bits per heavy atom. The van der Waals surface area contributed by atoms with Crippen molar-refractivity contribution in [2.45, 2.75) is 39.0 Å². The van der Waals surface area contributed by atoms with Gasteiger partial charge in [-0.05, 0) is 36.8 Å². The Hall–Kier alpha value is -2.62. The highest BCUT2D eigenvalue weighted by Gasteiger charge is 2.11. The fourth-order valence-corrected chi connectivity index (χ4v) is 2.40. The van der Waals surface area contributed by atoms with Crippen LogP contribution in [0.2, 0.25) is 0 Å². The van der Waals surface area contributed by atoms with Gasteiger partial charge in [0.05, 0.1) is 12.3 Å². The van der Waals surface area contributed by atoms with Crippen molar-refractivity contribution in [2.75, 3.05) is 13.1 Å². The van der Waals surface area contributed by atoms with E-state index in [4.69, 9.17) is 5.73 Å². The predicted octanol–water partition coefficient (Wildman–Crippen LogP) is 4.61. The molecule has 0 aromatic carbocycles. The van der Waals surface area contributed by atoms with Gasteiger partial charge in [0.1, 0.15) is 0 Å². The molecule has 140 valence electrons. The minimum Gasteiger partial charge on any atom is -0.398 e. The number of hydrogen-bond donors (Lipinski definition) is 2. The molecular formula is C22H32N4.